The molecule has 1 aromatic heterocycles. The number of nitrogens with zero attached hydrogens (tertiary/aromatic N) is 3. The Hall–Kier alpha value is -10.7. The Morgan fingerprint density at radius 2 is 0.595 bits per heavy atom. The predicted octanol–water partition coefficient (Wildman–Crippen LogP) is 19.5. The molecule has 0 bridgehead atoms. The van der Waals surface area contributed by atoms with Crippen LogP contribution in [0.2, 0.25) is 0 Å². The molecule has 0 N–H and O–H groups in total. The van der Waals surface area contributed by atoms with E-state index in [1.54, 1.807) is 0 Å². The van der Waals surface area contributed by atoms with Crippen molar-refractivity contribution >= 4 is 79.0 Å². The van der Waals surface area contributed by atoms with Crippen molar-refractivity contribution in [1.29, 1.82) is 0 Å². The number of rotatable bonds is 9. The summed E-state index contributed by atoms with van der Waals surface area (Å²) in [5.41, 5.74) is 30.5. The molecule has 0 spiro atoms. The molecule has 3 nitrogen and oxygen atoms in total. The summed E-state index contributed by atoms with van der Waals surface area (Å²) in [4.78, 5) is 5.23. The molecule has 0 unspecified atom stereocenters. The topological polar surface area (TPSA) is 11.4 Å². The zero-order chi connectivity index (χ0) is 55.8. The summed E-state index contributed by atoms with van der Waals surface area (Å²) >= 11 is 0. The van der Waals surface area contributed by atoms with E-state index in [2.05, 4.69) is 332 Å². The van der Waals surface area contributed by atoms with Gasteiger partial charge in [-0.1, -0.05) is 231 Å². The van der Waals surface area contributed by atoms with E-state index >= 15 is 0 Å². The molecular formula is C80H56BN3. The van der Waals surface area contributed by atoms with Gasteiger partial charge < -0.3 is 14.4 Å². The standard InChI is InChI=1S/C80H56BN3/c1-53-23-15-17-33-68(53)59-39-41-72-76(49-59)83(65-45-61(55-25-7-3-8-26-55)43-62(46-65)56-27-9-4-10-28-56)78-51-67(82-74-37-21-19-35-70(74)71-36-20-22-38-75(71)82)52-79-80(78)81(72)73-42-40-60(69-34-18-16-24-54(69)2)50-77(73)84(79)66-47-63(57-29-11-5-12-30-57)44-64(48-66)58-31-13-6-14-32-58/h3-52H,1-2H3. The van der Waals surface area contributed by atoms with Crippen molar-refractivity contribution in [2.45, 2.75) is 13.8 Å². The molecule has 3 heterocycles. The molecule has 4 heteroatoms. The van der Waals surface area contributed by atoms with Gasteiger partial charge in [-0.15, -0.1) is 0 Å². The van der Waals surface area contributed by atoms with E-state index in [4.69, 9.17) is 0 Å². The van der Waals surface area contributed by atoms with Gasteiger partial charge in [0.25, 0.3) is 6.71 Å². The highest BCUT2D eigenvalue weighted by molar-refractivity contribution is 7.00. The van der Waals surface area contributed by atoms with Crippen LogP contribution in [-0.2, 0) is 0 Å². The van der Waals surface area contributed by atoms with Crippen molar-refractivity contribution in [2.24, 2.45) is 0 Å². The lowest BCUT2D eigenvalue weighted by Gasteiger charge is -2.45. The van der Waals surface area contributed by atoms with Crippen LogP contribution < -0.4 is 26.2 Å². The Balaban J connectivity index is 1.07. The number of aromatic nitrogens is 1. The summed E-state index contributed by atoms with van der Waals surface area (Å²) in [6.45, 7) is 4.32. The van der Waals surface area contributed by atoms with Gasteiger partial charge in [0.15, 0.2) is 0 Å². The minimum Gasteiger partial charge on any atom is -0.311 e. The highest BCUT2D eigenvalue weighted by Crippen LogP contribution is 2.50. The molecule has 0 aliphatic carbocycles. The van der Waals surface area contributed by atoms with E-state index in [-0.39, 0.29) is 6.71 Å². The van der Waals surface area contributed by atoms with Crippen LogP contribution in [0.25, 0.3) is 94.3 Å². The first-order valence-electron chi connectivity index (χ1n) is 29.2. The fraction of sp³-hybridized carbons (Fsp3) is 0.0250. The smallest absolute Gasteiger partial charge is 0.252 e. The van der Waals surface area contributed by atoms with Crippen molar-refractivity contribution in [2.75, 3.05) is 9.80 Å². The van der Waals surface area contributed by atoms with Crippen molar-refractivity contribution in [3.63, 3.8) is 0 Å². The quantitative estimate of drug-likeness (QED) is 0.134. The molecule has 0 saturated heterocycles. The largest absolute Gasteiger partial charge is 0.311 e. The fourth-order valence-corrected chi connectivity index (χ4v) is 13.7. The number of hydrogen-bond acceptors (Lipinski definition) is 2. The monoisotopic (exact) mass is 1070 g/mol. The zero-order valence-corrected chi connectivity index (χ0v) is 46.8. The number of para-hydroxylation sites is 2. The third kappa shape index (κ3) is 8.21. The van der Waals surface area contributed by atoms with E-state index in [9.17, 15) is 0 Å². The van der Waals surface area contributed by atoms with Crippen LogP contribution in [0.5, 0.6) is 0 Å². The molecule has 0 atom stereocenters. The lowest BCUT2D eigenvalue weighted by atomic mass is 9.33. The lowest BCUT2D eigenvalue weighted by molar-refractivity contribution is 1.16. The average Bonchev–Trinajstić information content (AvgIpc) is 0.892. The molecule has 0 fully saturated rings. The van der Waals surface area contributed by atoms with Gasteiger partial charge >= 0.3 is 0 Å². The van der Waals surface area contributed by atoms with E-state index < -0.39 is 0 Å². The number of fused-ring (bicyclic) bond motifs is 7. The summed E-state index contributed by atoms with van der Waals surface area (Å²) in [6, 6.07) is 113. The number of anilines is 6. The molecule has 16 rings (SSSR count). The van der Waals surface area contributed by atoms with Crippen LogP contribution >= 0.6 is 0 Å². The van der Waals surface area contributed by atoms with Crippen molar-refractivity contribution in [1.82, 2.24) is 4.57 Å². The van der Waals surface area contributed by atoms with Crippen LogP contribution in [0.3, 0.4) is 0 Å². The first kappa shape index (κ1) is 49.2. The summed E-state index contributed by atoms with van der Waals surface area (Å²) in [6.07, 6.45) is 0. The van der Waals surface area contributed by atoms with Gasteiger partial charge in [-0.3, -0.25) is 0 Å². The van der Waals surface area contributed by atoms with E-state index in [1.165, 1.54) is 82.8 Å². The summed E-state index contributed by atoms with van der Waals surface area (Å²) in [7, 11) is 0. The molecule has 0 saturated carbocycles. The van der Waals surface area contributed by atoms with Gasteiger partial charge in [0, 0.05) is 44.9 Å². The molecule has 13 aromatic carbocycles. The number of hydrogen-bond donors (Lipinski definition) is 0. The second-order valence-electron chi connectivity index (χ2n) is 22.5. The predicted molar refractivity (Wildman–Crippen MR) is 357 cm³/mol. The Morgan fingerprint density at radius 3 is 0.976 bits per heavy atom. The second kappa shape index (κ2) is 20.1. The van der Waals surface area contributed by atoms with Crippen molar-refractivity contribution in [3.8, 4) is 72.4 Å². The summed E-state index contributed by atoms with van der Waals surface area (Å²) in [5, 5.41) is 2.44. The molecule has 0 radical (unpaired) electrons. The van der Waals surface area contributed by atoms with Gasteiger partial charge in [-0.2, -0.15) is 0 Å². The Kier molecular flexibility index (Phi) is 11.8. The maximum Gasteiger partial charge on any atom is 0.252 e. The maximum atomic E-state index is 2.61. The van der Waals surface area contributed by atoms with Gasteiger partial charge in [0.1, 0.15) is 0 Å². The highest BCUT2D eigenvalue weighted by Gasteiger charge is 2.44. The molecule has 2 aliphatic rings. The Labute approximate surface area is 491 Å². The second-order valence-corrected chi connectivity index (χ2v) is 22.5. The van der Waals surface area contributed by atoms with Crippen LogP contribution in [-0.4, -0.2) is 11.3 Å². The van der Waals surface area contributed by atoms with Crippen LogP contribution in [0.15, 0.2) is 303 Å². The zero-order valence-electron chi connectivity index (χ0n) is 46.8. The molecule has 394 valence electrons. The summed E-state index contributed by atoms with van der Waals surface area (Å²) in [5.74, 6) is 0. The van der Waals surface area contributed by atoms with E-state index in [1.807, 2.05) is 0 Å². The van der Waals surface area contributed by atoms with Gasteiger partial charge in [0.05, 0.1) is 16.7 Å². The van der Waals surface area contributed by atoms with Crippen LogP contribution in [0.1, 0.15) is 11.1 Å². The maximum absolute atomic E-state index is 2.61. The highest BCUT2D eigenvalue weighted by atomic mass is 15.2. The number of aryl methyl sites for hydroxylation is 2. The molecule has 0 amide bonds. The normalized spacial score (nSPS) is 12.3. The lowest BCUT2D eigenvalue weighted by Crippen LogP contribution is -2.61. The molecule has 2 aliphatic heterocycles. The van der Waals surface area contributed by atoms with E-state index in [0.717, 1.165) is 73.1 Å². The van der Waals surface area contributed by atoms with E-state index in [0.29, 0.717) is 0 Å². The third-order valence-electron chi connectivity index (χ3n) is 17.6. The molecular weight excluding hydrogens is 1010 g/mol. The van der Waals surface area contributed by atoms with Crippen LogP contribution in [0, 0.1) is 13.8 Å². The number of benzene rings is 13. The molecule has 84 heavy (non-hydrogen) atoms. The Morgan fingerprint density at radius 1 is 0.250 bits per heavy atom. The van der Waals surface area contributed by atoms with Gasteiger partial charge in [0.2, 0.25) is 0 Å². The first-order valence-corrected chi connectivity index (χ1v) is 29.2. The average molecular weight is 1070 g/mol. The molecule has 14 aromatic rings. The van der Waals surface area contributed by atoms with Gasteiger partial charge in [-0.25, -0.2) is 0 Å². The van der Waals surface area contributed by atoms with Crippen molar-refractivity contribution in [3.05, 3.63) is 314 Å². The Bertz CT molecular complexity index is 4460. The minimum atomic E-state index is -0.145. The first-order chi connectivity index (χ1) is 41.5. The third-order valence-corrected chi connectivity index (χ3v) is 17.6. The summed E-state index contributed by atoms with van der Waals surface area (Å²) < 4.78 is 2.51. The minimum absolute atomic E-state index is 0.145. The van der Waals surface area contributed by atoms with Crippen LogP contribution in [0.4, 0.5) is 34.1 Å². The SMILES string of the molecule is Cc1ccccc1-c1ccc2c(c1)N(c1cc(-c3ccccc3)cc(-c3ccccc3)c1)c1cc(-n3c4ccccc4c4ccccc43)cc3c1B2c1ccc(-c2ccccc2C)cc1N3c1cc(-c2ccccc2)cc(-c2ccccc2)c1. The van der Waals surface area contributed by atoms with Gasteiger partial charge in [-0.05, 0) is 181 Å². The fourth-order valence-electron chi connectivity index (χ4n) is 13.7. The van der Waals surface area contributed by atoms with Crippen molar-refractivity contribution < 1.29 is 0 Å².